The Morgan fingerprint density at radius 2 is 1.83 bits per heavy atom. The molecule has 90 valence electrons. The average Bonchev–Trinajstić information content (AvgIpc) is 2.40. The fourth-order valence-corrected chi connectivity index (χ4v) is 1.60. The van der Waals surface area contributed by atoms with Crippen LogP contribution in [-0.4, -0.2) is 4.98 Å². The second kappa shape index (κ2) is 5.89. The molecule has 0 aliphatic carbocycles. The summed E-state index contributed by atoms with van der Waals surface area (Å²) in [6.07, 6.45) is 2.82. The molecule has 4 heteroatoms. The maximum Gasteiger partial charge on any atom is 0.141 e. The zero-order valence-corrected chi connectivity index (χ0v) is 9.73. The number of nitrogens with zero attached hydrogens (tertiary/aromatic N) is 2. The predicted molar refractivity (Wildman–Crippen MR) is 65.9 cm³/mol. The Morgan fingerprint density at radius 3 is 2.50 bits per heavy atom. The second-order valence-electron chi connectivity index (χ2n) is 3.92. The molecule has 0 fully saturated rings. The third kappa shape index (κ3) is 3.37. The molecule has 1 aromatic carbocycles. The van der Waals surface area contributed by atoms with Gasteiger partial charge in [-0.05, 0) is 29.3 Å². The molecule has 18 heavy (non-hydrogen) atoms. The molecule has 0 bridgehead atoms. The molecular formula is C14H12FN3. The van der Waals surface area contributed by atoms with Crippen molar-refractivity contribution in [2.24, 2.45) is 0 Å². The fourth-order valence-electron chi connectivity index (χ4n) is 1.60. The minimum Gasteiger partial charge on any atom is -0.309 e. The summed E-state index contributed by atoms with van der Waals surface area (Å²) in [5, 5.41) is 11.9. The number of hydrogen-bond acceptors (Lipinski definition) is 3. The SMILES string of the molecule is N#Cc1ccc(CNCc2cncc(F)c2)cc1. The van der Waals surface area contributed by atoms with Crippen LogP contribution >= 0.6 is 0 Å². The Bertz CT molecular complexity index is 558. The molecule has 0 amide bonds. The van der Waals surface area contributed by atoms with Crippen molar-refractivity contribution in [3.63, 3.8) is 0 Å². The predicted octanol–water partition coefficient (Wildman–Crippen LogP) is 2.38. The van der Waals surface area contributed by atoms with Crippen LogP contribution in [0.15, 0.2) is 42.7 Å². The zero-order valence-electron chi connectivity index (χ0n) is 9.73. The topological polar surface area (TPSA) is 48.7 Å². The molecule has 0 saturated heterocycles. The van der Waals surface area contributed by atoms with Crippen LogP contribution in [0.2, 0.25) is 0 Å². The van der Waals surface area contributed by atoms with E-state index in [2.05, 4.69) is 16.4 Å². The van der Waals surface area contributed by atoms with Crippen molar-refractivity contribution in [1.29, 1.82) is 5.26 Å². The van der Waals surface area contributed by atoms with E-state index in [1.807, 2.05) is 12.1 Å². The molecule has 3 nitrogen and oxygen atoms in total. The van der Waals surface area contributed by atoms with Crippen molar-refractivity contribution in [1.82, 2.24) is 10.3 Å². The minimum absolute atomic E-state index is 0.326. The molecule has 0 spiro atoms. The van der Waals surface area contributed by atoms with Crippen LogP contribution in [0.5, 0.6) is 0 Å². The number of rotatable bonds is 4. The van der Waals surface area contributed by atoms with Gasteiger partial charge in [0.05, 0.1) is 17.8 Å². The third-order valence-corrected chi connectivity index (χ3v) is 2.50. The highest BCUT2D eigenvalue weighted by atomic mass is 19.1. The smallest absolute Gasteiger partial charge is 0.141 e. The first kappa shape index (κ1) is 12.2. The van der Waals surface area contributed by atoms with Gasteiger partial charge in [0.2, 0.25) is 0 Å². The Balaban J connectivity index is 1.86. The lowest BCUT2D eigenvalue weighted by Gasteiger charge is -2.05. The molecular weight excluding hydrogens is 229 g/mol. The lowest BCUT2D eigenvalue weighted by Crippen LogP contribution is -2.12. The molecule has 1 N–H and O–H groups in total. The quantitative estimate of drug-likeness (QED) is 0.894. The van der Waals surface area contributed by atoms with Gasteiger partial charge in [0.15, 0.2) is 0 Å². The van der Waals surface area contributed by atoms with Crippen LogP contribution < -0.4 is 5.32 Å². The summed E-state index contributed by atoms with van der Waals surface area (Å²) < 4.78 is 12.9. The number of nitriles is 1. The van der Waals surface area contributed by atoms with Gasteiger partial charge in [-0.15, -0.1) is 0 Å². The minimum atomic E-state index is -0.326. The van der Waals surface area contributed by atoms with Crippen LogP contribution in [-0.2, 0) is 13.1 Å². The maximum atomic E-state index is 12.9. The van der Waals surface area contributed by atoms with Gasteiger partial charge in [-0.3, -0.25) is 4.98 Å². The van der Waals surface area contributed by atoms with E-state index in [1.165, 1.54) is 12.3 Å². The lowest BCUT2D eigenvalue weighted by atomic mass is 10.1. The Hall–Kier alpha value is -2.25. The van der Waals surface area contributed by atoms with E-state index in [0.717, 1.165) is 11.1 Å². The molecule has 0 aliphatic heterocycles. The molecule has 1 heterocycles. The first-order valence-electron chi connectivity index (χ1n) is 5.57. The second-order valence-corrected chi connectivity index (χ2v) is 3.92. The molecule has 2 rings (SSSR count). The molecule has 2 aromatic rings. The van der Waals surface area contributed by atoms with Gasteiger partial charge in [-0.25, -0.2) is 4.39 Å². The summed E-state index contributed by atoms with van der Waals surface area (Å²) in [4.78, 5) is 3.78. The monoisotopic (exact) mass is 241 g/mol. The number of pyridine rings is 1. The Labute approximate surface area is 105 Å². The summed E-state index contributed by atoms with van der Waals surface area (Å²) in [6, 6.07) is 10.9. The summed E-state index contributed by atoms with van der Waals surface area (Å²) >= 11 is 0. The van der Waals surface area contributed by atoms with E-state index in [1.54, 1.807) is 18.3 Å². The van der Waals surface area contributed by atoms with Crippen molar-refractivity contribution in [3.8, 4) is 6.07 Å². The van der Waals surface area contributed by atoms with E-state index in [4.69, 9.17) is 5.26 Å². The van der Waals surface area contributed by atoms with Gasteiger partial charge in [-0.2, -0.15) is 5.26 Å². The van der Waals surface area contributed by atoms with Crippen LogP contribution in [0.4, 0.5) is 4.39 Å². The highest BCUT2D eigenvalue weighted by Gasteiger charge is 1.97. The van der Waals surface area contributed by atoms with E-state index in [9.17, 15) is 4.39 Å². The third-order valence-electron chi connectivity index (χ3n) is 2.50. The van der Waals surface area contributed by atoms with Crippen molar-refractivity contribution >= 4 is 0 Å². The Kier molecular flexibility index (Phi) is 4.00. The van der Waals surface area contributed by atoms with Crippen LogP contribution in [0.1, 0.15) is 16.7 Å². The molecule has 1 aromatic heterocycles. The standard InChI is InChI=1S/C14H12FN3/c15-14-5-13(9-18-10-14)8-17-7-12-3-1-11(6-16)2-4-12/h1-5,9-10,17H,7-8H2. The summed E-state index contributed by atoms with van der Waals surface area (Å²) in [5.74, 6) is -0.326. The molecule has 0 aliphatic rings. The number of nitrogens with one attached hydrogen (secondary N) is 1. The van der Waals surface area contributed by atoms with Gasteiger partial charge >= 0.3 is 0 Å². The highest BCUT2D eigenvalue weighted by Crippen LogP contribution is 2.04. The maximum absolute atomic E-state index is 12.9. The van der Waals surface area contributed by atoms with Gasteiger partial charge in [0.1, 0.15) is 5.82 Å². The largest absolute Gasteiger partial charge is 0.309 e. The summed E-state index contributed by atoms with van der Waals surface area (Å²) in [7, 11) is 0. The summed E-state index contributed by atoms with van der Waals surface area (Å²) in [5.41, 5.74) is 2.54. The van der Waals surface area contributed by atoms with Crippen LogP contribution in [0.3, 0.4) is 0 Å². The van der Waals surface area contributed by atoms with Gasteiger partial charge in [-0.1, -0.05) is 12.1 Å². The first-order chi connectivity index (χ1) is 8.78. The lowest BCUT2D eigenvalue weighted by molar-refractivity contribution is 0.612. The fraction of sp³-hybridized carbons (Fsp3) is 0.143. The van der Waals surface area contributed by atoms with Gasteiger partial charge in [0.25, 0.3) is 0 Å². The summed E-state index contributed by atoms with van der Waals surface area (Å²) in [6.45, 7) is 1.23. The van der Waals surface area contributed by atoms with Crippen LogP contribution in [0, 0.1) is 17.1 Å². The number of halogens is 1. The average molecular weight is 241 g/mol. The van der Waals surface area contributed by atoms with Crippen LogP contribution in [0.25, 0.3) is 0 Å². The first-order valence-corrected chi connectivity index (χ1v) is 5.57. The number of aromatic nitrogens is 1. The Morgan fingerprint density at radius 1 is 1.11 bits per heavy atom. The van der Waals surface area contributed by atoms with Gasteiger partial charge in [0, 0.05) is 19.3 Å². The van der Waals surface area contributed by atoms with E-state index in [0.29, 0.717) is 18.7 Å². The van der Waals surface area contributed by atoms with Crippen molar-refractivity contribution in [3.05, 3.63) is 65.2 Å². The normalized spacial score (nSPS) is 10.0. The van der Waals surface area contributed by atoms with E-state index in [-0.39, 0.29) is 5.82 Å². The van der Waals surface area contributed by atoms with Crippen molar-refractivity contribution in [2.75, 3.05) is 0 Å². The highest BCUT2D eigenvalue weighted by molar-refractivity contribution is 5.31. The zero-order chi connectivity index (χ0) is 12.8. The number of benzene rings is 1. The molecule has 0 atom stereocenters. The molecule has 0 unspecified atom stereocenters. The van der Waals surface area contributed by atoms with Crippen molar-refractivity contribution < 1.29 is 4.39 Å². The van der Waals surface area contributed by atoms with E-state index < -0.39 is 0 Å². The van der Waals surface area contributed by atoms with Gasteiger partial charge < -0.3 is 5.32 Å². The molecule has 0 radical (unpaired) electrons. The van der Waals surface area contributed by atoms with E-state index >= 15 is 0 Å². The molecule has 0 saturated carbocycles. The number of hydrogen-bond donors (Lipinski definition) is 1. The van der Waals surface area contributed by atoms with Crippen molar-refractivity contribution in [2.45, 2.75) is 13.1 Å².